The maximum absolute atomic E-state index is 11.5. The van der Waals surface area contributed by atoms with Gasteiger partial charge in [-0.25, -0.2) is 0 Å². The van der Waals surface area contributed by atoms with Gasteiger partial charge in [-0.15, -0.1) is 0 Å². The Morgan fingerprint density at radius 2 is 1.89 bits per heavy atom. The van der Waals surface area contributed by atoms with E-state index in [2.05, 4.69) is 21.9 Å². The molecule has 7 heteroatoms. The number of nitrogens with zero attached hydrogens (tertiary/aromatic N) is 2. The highest BCUT2D eigenvalue weighted by Crippen LogP contribution is 2.18. The van der Waals surface area contributed by atoms with Gasteiger partial charge in [0.25, 0.3) is 0 Å². The van der Waals surface area contributed by atoms with Crippen molar-refractivity contribution in [3.63, 3.8) is 0 Å². The molecule has 0 atom stereocenters. The largest absolute Gasteiger partial charge is 0.460 e. The van der Waals surface area contributed by atoms with E-state index in [9.17, 15) is 4.79 Å². The zero-order valence-corrected chi connectivity index (χ0v) is 16.6. The van der Waals surface area contributed by atoms with Gasteiger partial charge >= 0.3 is 5.97 Å². The predicted octanol–water partition coefficient (Wildman–Crippen LogP) is 1.39. The molecule has 0 amide bonds. The molecule has 0 saturated carbocycles. The average Bonchev–Trinajstić information content (AvgIpc) is 2.72. The van der Waals surface area contributed by atoms with Crippen LogP contribution in [-0.4, -0.2) is 73.6 Å². The SMILES string of the molecule is N=C(N)CC(=O)OCc1cccc(CCN2CCC(N3CCOCC3)CC2)c1. The molecular weight excluding hydrogens is 356 g/mol. The molecule has 2 aliphatic heterocycles. The second-order valence-corrected chi connectivity index (χ2v) is 7.65. The summed E-state index contributed by atoms with van der Waals surface area (Å²) < 4.78 is 10.6. The van der Waals surface area contributed by atoms with E-state index < -0.39 is 5.97 Å². The molecule has 2 saturated heterocycles. The van der Waals surface area contributed by atoms with Crippen molar-refractivity contribution in [1.29, 1.82) is 5.41 Å². The number of esters is 1. The summed E-state index contributed by atoms with van der Waals surface area (Å²) in [5.74, 6) is -0.628. The number of ether oxygens (including phenoxy) is 2. The van der Waals surface area contributed by atoms with E-state index in [1.807, 2.05) is 12.1 Å². The first kappa shape index (κ1) is 20.8. The number of nitrogens with two attached hydrogens (primary N) is 1. The molecule has 0 radical (unpaired) electrons. The van der Waals surface area contributed by atoms with Crippen LogP contribution < -0.4 is 5.73 Å². The van der Waals surface area contributed by atoms with Crippen molar-refractivity contribution < 1.29 is 14.3 Å². The smallest absolute Gasteiger partial charge is 0.313 e. The summed E-state index contributed by atoms with van der Waals surface area (Å²) in [5, 5.41) is 7.13. The average molecular weight is 389 g/mol. The molecule has 2 heterocycles. The van der Waals surface area contributed by atoms with Crippen LogP contribution in [0.5, 0.6) is 0 Å². The molecule has 28 heavy (non-hydrogen) atoms. The number of amidine groups is 1. The number of benzene rings is 1. The summed E-state index contributed by atoms with van der Waals surface area (Å²) in [7, 11) is 0. The predicted molar refractivity (Wildman–Crippen MR) is 108 cm³/mol. The van der Waals surface area contributed by atoms with E-state index in [-0.39, 0.29) is 18.9 Å². The van der Waals surface area contributed by atoms with Gasteiger partial charge in [0.05, 0.1) is 13.2 Å². The van der Waals surface area contributed by atoms with Crippen LogP contribution in [0.25, 0.3) is 0 Å². The molecule has 0 unspecified atom stereocenters. The third-order valence-corrected chi connectivity index (χ3v) is 5.56. The van der Waals surface area contributed by atoms with E-state index in [1.54, 1.807) is 0 Å². The Balaban J connectivity index is 1.39. The van der Waals surface area contributed by atoms with Gasteiger partial charge < -0.3 is 20.1 Å². The van der Waals surface area contributed by atoms with Gasteiger partial charge in [0.2, 0.25) is 0 Å². The summed E-state index contributed by atoms with van der Waals surface area (Å²) in [5.41, 5.74) is 7.45. The van der Waals surface area contributed by atoms with Crippen LogP contribution in [0.1, 0.15) is 30.4 Å². The standard InChI is InChI=1S/C21H32N4O3/c22-20(23)15-21(26)28-16-18-3-1-2-17(14-18)4-7-24-8-5-19(6-9-24)25-10-12-27-13-11-25/h1-3,14,19H,4-13,15-16H2,(H3,22,23). The highest BCUT2D eigenvalue weighted by atomic mass is 16.5. The van der Waals surface area contributed by atoms with Gasteiger partial charge in [-0.3, -0.25) is 15.1 Å². The van der Waals surface area contributed by atoms with Crippen molar-refractivity contribution in [3.05, 3.63) is 35.4 Å². The molecular formula is C21H32N4O3. The molecule has 154 valence electrons. The van der Waals surface area contributed by atoms with Crippen molar-refractivity contribution in [2.45, 2.75) is 38.3 Å². The fraction of sp³-hybridized carbons (Fsp3) is 0.619. The van der Waals surface area contributed by atoms with Crippen LogP contribution in [0.15, 0.2) is 24.3 Å². The third kappa shape index (κ3) is 6.58. The zero-order chi connectivity index (χ0) is 19.8. The van der Waals surface area contributed by atoms with Gasteiger partial charge in [0.15, 0.2) is 0 Å². The second-order valence-electron chi connectivity index (χ2n) is 7.65. The van der Waals surface area contributed by atoms with Crippen molar-refractivity contribution in [1.82, 2.24) is 9.80 Å². The number of carbonyl (C=O) groups is 1. The minimum Gasteiger partial charge on any atom is -0.460 e. The lowest BCUT2D eigenvalue weighted by molar-refractivity contribution is -0.143. The van der Waals surface area contributed by atoms with E-state index in [1.165, 1.54) is 18.4 Å². The van der Waals surface area contributed by atoms with Gasteiger partial charge in [-0.05, 0) is 43.5 Å². The lowest BCUT2D eigenvalue weighted by atomic mass is 10.0. The van der Waals surface area contributed by atoms with Crippen molar-refractivity contribution in [2.24, 2.45) is 5.73 Å². The Morgan fingerprint density at radius 1 is 1.18 bits per heavy atom. The molecule has 3 N–H and O–H groups in total. The molecule has 0 aliphatic carbocycles. The monoisotopic (exact) mass is 388 g/mol. The van der Waals surface area contributed by atoms with E-state index in [4.69, 9.17) is 20.6 Å². The minimum absolute atomic E-state index is 0.153. The fourth-order valence-corrected chi connectivity index (χ4v) is 3.98. The van der Waals surface area contributed by atoms with Gasteiger partial charge in [0.1, 0.15) is 18.9 Å². The van der Waals surface area contributed by atoms with Crippen LogP contribution in [0.2, 0.25) is 0 Å². The van der Waals surface area contributed by atoms with E-state index >= 15 is 0 Å². The molecule has 7 nitrogen and oxygen atoms in total. The maximum Gasteiger partial charge on any atom is 0.313 e. The van der Waals surface area contributed by atoms with E-state index in [0.717, 1.165) is 57.9 Å². The number of morpholine rings is 1. The minimum atomic E-state index is -0.457. The number of hydrogen-bond acceptors (Lipinski definition) is 6. The van der Waals surface area contributed by atoms with Crippen LogP contribution in [0, 0.1) is 5.41 Å². The Bertz CT molecular complexity index is 653. The normalized spacial score (nSPS) is 19.4. The Kier molecular flexibility index (Phi) is 7.82. The number of carbonyl (C=O) groups excluding carboxylic acids is 1. The number of piperidine rings is 1. The van der Waals surface area contributed by atoms with Crippen molar-refractivity contribution in [2.75, 3.05) is 45.9 Å². The molecule has 1 aromatic carbocycles. The maximum atomic E-state index is 11.5. The molecule has 0 bridgehead atoms. The van der Waals surface area contributed by atoms with Crippen molar-refractivity contribution >= 4 is 11.8 Å². The molecule has 0 spiro atoms. The topological polar surface area (TPSA) is 91.9 Å². The first-order valence-corrected chi connectivity index (χ1v) is 10.2. The summed E-state index contributed by atoms with van der Waals surface area (Å²) in [4.78, 5) is 16.7. The van der Waals surface area contributed by atoms with Gasteiger partial charge in [-0.2, -0.15) is 0 Å². The summed E-state index contributed by atoms with van der Waals surface area (Å²) >= 11 is 0. The molecule has 3 rings (SSSR count). The molecule has 1 aromatic rings. The summed E-state index contributed by atoms with van der Waals surface area (Å²) in [6, 6.07) is 8.91. The summed E-state index contributed by atoms with van der Waals surface area (Å²) in [6.07, 6.45) is 3.33. The number of hydrogen-bond donors (Lipinski definition) is 2. The molecule has 2 aliphatic rings. The fourth-order valence-electron chi connectivity index (χ4n) is 3.98. The lowest BCUT2D eigenvalue weighted by Crippen LogP contribution is -2.49. The number of nitrogens with one attached hydrogen (secondary N) is 1. The van der Waals surface area contributed by atoms with Crippen LogP contribution in [0.4, 0.5) is 0 Å². The first-order valence-electron chi connectivity index (χ1n) is 10.2. The van der Waals surface area contributed by atoms with Crippen molar-refractivity contribution in [3.8, 4) is 0 Å². The highest BCUT2D eigenvalue weighted by molar-refractivity contribution is 5.94. The van der Waals surface area contributed by atoms with E-state index in [0.29, 0.717) is 6.04 Å². The van der Waals surface area contributed by atoms with Crippen LogP contribution >= 0.6 is 0 Å². The highest BCUT2D eigenvalue weighted by Gasteiger charge is 2.25. The zero-order valence-electron chi connectivity index (χ0n) is 16.6. The van der Waals surface area contributed by atoms with Gasteiger partial charge in [0, 0.05) is 25.7 Å². The first-order chi connectivity index (χ1) is 13.6. The number of likely N-dealkylation sites (tertiary alicyclic amines) is 1. The van der Waals surface area contributed by atoms with Crippen LogP contribution in [0.3, 0.4) is 0 Å². The Labute approximate surface area is 167 Å². The lowest BCUT2D eigenvalue weighted by Gasteiger charge is -2.40. The molecule has 2 fully saturated rings. The number of rotatable bonds is 8. The quantitative estimate of drug-likeness (QED) is 0.397. The summed E-state index contributed by atoms with van der Waals surface area (Å²) in [6.45, 7) is 7.51. The molecule has 0 aromatic heterocycles. The Morgan fingerprint density at radius 3 is 2.61 bits per heavy atom. The van der Waals surface area contributed by atoms with Gasteiger partial charge in [-0.1, -0.05) is 24.3 Å². The third-order valence-electron chi connectivity index (χ3n) is 5.56. The second kappa shape index (κ2) is 10.5. The van der Waals surface area contributed by atoms with Crippen LogP contribution in [-0.2, 0) is 27.3 Å². The Hall–Kier alpha value is -1.96.